The fourth-order valence-corrected chi connectivity index (χ4v) is 2.17. The molecule has 4 nitrogen and oxygen atoms in total. The molecule has 0 atom stereocenters. The summed E-state index contributed by atoms with van der Waals surface area (Å²) >= 11 is 6.21. The molecule has 5 heteroatoms. The van der Waals surface area contributed by atoms with Gasteiger partial charge in [-0.05, 0) is 44.3 Å². The van der Waals surface area contributed by atoms with Crippen LogP contribution in [0.2, 0.25) is 5.02 Å². The van der Waals surface area contributed by atoms with Gasteiger partial charge in [-0.25, -0.2) is 0 Å². The summed E-state index contributed by atoms with van der Waals surface area (Å²) in [6, 6.07) is 7.82. The maximum absolute atomic E-state index is 6.21. The largest absolute Gasteiger partial charge is 0.308 e. The van der Waals surface area contributed by atoms with E-state index in [-0.39, 0.29) is 0 Å². The van der Waals surface area contributed by atoms with Crippen LogP contribution in [0.4, 0.5) is 0 Å². The van der Waals surface area contributed by atoms with Crippen molar-refractivity contribution in [3.63, 3.8) is 0 Å². The minimum Gasteiger partial charge on any atom is -0.308 e. The maximum Gasteiger partial charge on any atom is 0.121 e. The summed E-state index contributed by atoms with van der Waals surface area (Å²) in [7, 11) is 4.08. The van der Waals surface area contributed by atoms with Crippen molar-refractivity contribution in [2.75, 3.05) is 27.2 Å². The van der Waals surface area contributed by atoms with Crippen LogP contribution >= 0.6 is 11.6 Å². The quantitative estimate of drug-likeness (QED) is 0.928. The second-order valence-corrected chi connectivity index (χ2v) is 5.72. The minimum absolute atomic E-state index is 0.752. The highest BCUT2D eigenvalue weighted by atomic mass is 35.5. The summed E-state index contributed by atoms with van der Waals surface area (Å²) < 4.78 is 0. The molecule has 1 aliphatic heterocycles. The van der Waals surface area contributed by atoms with Gasteiger partial charge in [-0.1, -0.05) is 29.8 Å². The van der Waals surface area contributed by atoms with Crippen LogP contribution in [0.25, 0.3) is 6.08 Å². The number of rotatable bonds is 4. The summed E-state index contributed by atoms with van der Waals surface area (Å²) in [5.74, 6) is 0.903. The van der Waals surface area contributed by atoms with E-state index in [0.29, 0.717) is 0 Å². The molecule has 112 valence electrons. The van der Waals surface area contributed by atoms with Crippen LogP contribution in [0.5, 0.6) is 0 Å². The highest BCUT2D eigenvalue weighted by Gasteiger charge is 2.13. The molecule has 0 aliphatic carbocycles. The van der Waals surface area contributed by atoms with Crippen LogP contribution < -0.4 is 5.43 Å². The minimum atomic E-state index is 0.752. The first-order valence-electron chi connectivity index (χ1n) is 7.00. The van der Waals surface area contributed by atoms with Gasteiger partial charge in [0.2, 0.25) is 0 Å². The lowest BCUT2D eigenvalue weighted by molar-refractivity contribution is 0.420. The molecule has 1 heterocycles. The van der Waals surface area contributed by atoms with Crippen LogP contribution in [-0.2, 0) is 0 Å². The second-order valence-electron chi connectivity index (χ2n) is 5.31. The zero-order valence-electron chi connectivity index (χ0n) is 12.7. The van der Waals surface area contributed by atoms with Crippen LogP contribution in [0, 0.1) is 0 Å². The van der Waals surface area contributed by atoms with Crippen molar-refractivity contribution in [1.82, 2.24) is 10.3 Å². The number of benzene rings is 1. The lowest BCUT2D eigenvalue weighted by Gasteiger charge is -2.17. The van der Waals surface area contributed by atoms with Crippen molar-refractivity contribution in [2.45, 2.75) is 13.3 Å². The standard InChI is InChI=1S/C16H21ClN4/c1-12-14(10-13-6-4-5-7-15(13)17)11-16(20-19-12)18-8-9-21(2)3/h4-7,10H,8-9,11H2,1-3H3,(H,18,20)/b14-10-. The number of nitrogens with one attached hydrogen (secondary N) is 1. The Bertz CT molecular complexity index is 588. The van der Waals surface area contributed by atoms with Gasteiger partial charge in [-0.15, -0.1) is 0 Å². The van der Waals surface area contributed by atoms with Gasteiger partial charge in [0, 0.05) is 18.0 Å². The summed E-state index contributed by atoms with van der Waals surface area (Å²) in [5, 5.41) is 5.08. The summed E-state index contributed by atoms with van der Waals surface area (Å²) in [5.41, 5.74) is 6.15. The van der Waals surface area contributed by atoms with Gasteiger partial charge < -0.3 is 4.90 Å². The molecule has 1 aliphatic rings. The van der Waals surface area contributed by atoms with E-state index < -0.39 is 0 Å². The SMILES string of the molecule is CC1=NNC(=NCCN(C)C)C/C1=C/c1ccccc1Cl. The lowest BCUT2D eigenvalue weighted by atomic mass is 10.0. The summed E-state index contributed by atoms with van der Waals surface area (Å²) in [6.07, 6.45) is 2.84. The number of hydrogen-bond acceptors (Lipinski definition) is 3. The molecule has 0 saturated carbocycles. The normalized spacial score (nSPS) is 19.0. The maximum atomic E-state index is 6.21. The van der Waals surface area contributed by atoms with Gasteiger partial charge >= 0.3 is 0 Å². The fourth-order valence-electron chi connectivity index (χ4n) is 1.98. The highest BCUT2D eigenvalue weighted by Crippen LogP contribution is 2.21. The van der Waals surface area contributed by atoms with E-state index in [9.17, 15) is 0 Å². The van der Waals surface area contributed by atoms with E-state index in [1.807, 2.05) is 45.3 Å². The first-order chi connectivity index (χ1) is 10.1. The van der Waals surface area contributed by atoms with Crippen molar-refractivity contribution in [1.29, 1.82) is 0 Å². The highest BCUT2D eigenvalue weighted by molar-refractivity contribution is 6.32. The molecular weight excluding hydrogens is 284 g/mol. The third-order valence-corrected chi connectivity index (χ3v) is 3.60. The van der Waals surface area contributed by atoms with Gasteiger partial charge in [0.15, 0.2) is 0 Å². The van der Waals surface area contributed by atoms with Crippen LogP contribution in [0.3, 0.4) is 0 Å². The Morgan fingerprint density at radius 1 is 1.38 bits per heavy atom. The second kappa shape index (κ2) is 7.38. The number of nitrogens with zero attached hydrogens (tertiary/aromatic N) is 3. The Labute approximate surface area is 131 Å². The van der Waals surface area contributed by atoms with E-state index in [4.69, 9.17) is 11.6 Å². The first-order valence-corrected chi connectivity index (χ1v) is 7.38. The molecule has 0 bridgehead atoms. The van der Waals surface area contributed by atoms with Crippen molar-refractivity contribution >= 4 is 29.2 Å². The molecule has 0 saturated heterocycles. The van der Waals surface area contributed by atoms with Crippen molar-refractivity contribution in [2.24, 2.45) is 10.1 Å². The molecule has 0 fully saturated rings. The smallest absolute Gasteiger partial charge is 0.121 e. The first kappa shape index (κ1) is 15.7. The van der Waals surface area contributed by atoms with E-state index >= 15 is 0 Å². The lowest BCUT2D eigenvalue weighted by Crippen LogP contribution is -2.28. The summed E-state index contributed by atoms with van der Waals surface area (Å²) in [6.45, 7) is 3.69. The number of hydrogen-bond donors (Lipinski definition) is 1. The Hall–Kier alpha value is -1.65. The third-order valence-electron chi connectivity index (χ3n) is 3.26. The molecular formula is C16H21ClN4. The van der Waals surface area contributed by atoms with Gasteiger partial charge in [-0.2, -0.15) is 5.10 Å². The molecule has 21 heavy (non-hydrogen) atoms. The van der Waals surface area contributed by atoms with Gasteiger partial charge in [0.25, 0.3) is 0 Å². The number of halogens is 1. The number of aliphatic imine (C=N–C) groups is 1. The van der Waals surface area contributed by atoms with Crippen molar-refractivity contribution in [3.8, 4) is 0 Å². The third kappa shape index (κ3) is 4.69. The molecule has 2 rings (SSSR count). The van der Waals surface area contributed by atoms with Crippen LogP contribution in [0.15, 0.2) is 39.9 Å². The molecule has 1 aromatic carbocycles. The number of hydrazone groups is 1. The molecule has 1 N–H and O–H groups in total. The average Bonchev–Trinajstić information content (AvgIpc) is 2.44. The topological polar surface area (TPSA) is 40.0 Å². The molecule has 0 spiro atoms. The van der Waals surface area contributed by atoms with E-state index in [2.05, 4.69) is 26.5 Å². The van der Waals surface area contributed by atoms with E-state index in [1.165, 1.54) is 0 Å². The average molecular weight is 305 g/mol. The predicted octanol–water partition coefficient (Wildman–Crippen LogP) is 3.05. The zero-order chi connectivity index (χ0) is 15.2. The van der Waals surface area contributed by atoms with E-state index in [1.54, 1.807) is 0 Å². The number of amidine groups is 1. The van der Waals surface area contributed by atoms with Crippen molar-refractivity contribution in [3.05, 3.63) is 40.4 Å². The molecule has 0 unspecified atom stereocenters. The van der Waals surface area contributed by atoms with Gasteiger partial charge in [-0.3, -0.25) is 10.4 Å². The molecule has 0 amide bonds. The predicted molar refractivity (Wildman–Crippen MR) is 91.1 cm³/mol. The number of likely N-dealkylation sites (N-methyl/N-ethyl adjacent to an activating group) is 1. The van der Waals surface area contributed by atoms with Gasteiger partial charge in [0.05, 0.1) is 12.3 Å². The zero-order valence-corrected chi connectivity index (χ0v) is 13.5. The molecule has 0 aromatic heterocycles. The fraction of sp³-hybridized carbons (Fsp3) is 0.375. The monoisotopic (exact) mass is 304 g/mol. The summed E-state index contributed by atoms with van der Waals surface area (Å²) in [4.78, 5) is 6.67. The Morgan fingerprint density at radius 2 is 2.14 bits per heavy atom. The van der Waals surface area contributed by atoms with Crippen LogP contribution in [0.1, 0.15) is 18.9 Å². The van der Waals surface area contributed by atoms with Crippen LogP contribution in [-0.4, -0.2) is 43.6 Å². The van der Waals surface area contributed by atoms with E-state index in [0.717, 1.165) is 47.2 Å². The van der Waals surface area contributed by atoms with Crippen molar-refractivity contribution < 1.29 is 0 Å². The Kier molecular flexibility index (Phi) is 5.53. The van der Waals surface area contributed by atoms with Gasteiger partial charge in [0.1, 0.15) is 5.84 Å². The Morgan fingerprint density at radius 3 is 2.86 bits per heavy atom. The molecule has 1 aromatic rings. The molecule has 0 radical (unpaired) electrons. The Balaban J connectivity index is 2.14.